The van der Waals surface area contributed by atoms with Crippen molar-refractivity contribution >= 4 is 27.5 Å². The van der Waals surface area contributed by atoms with Gasteiger partial charge in [0.05, 0.1) is 16.6 Å². The molecule has 0 saturated carbocycles. The first kappa shape index (κ1) is 9.81. The summed E-state index contributed by atoms with van der Waals surface area (Å²) >= 11 is 8.99. The van der Waals surface area contributed by atoms with Crippen molar-refractivity contribution in [3.63, 3.8) is 0 Å². The Morgan fingerprint density at radius 1 is 1.58 bits per heavy atom. The molecule has 1 nitrogen and oxygen atoms in total. The molecule has 0 saturated heterocycles. The minimum Gasteiger partial charge on any atom is -0.492 e. The predicted octanol–water partition coefficient (Wildman–Crippen LogP) is 3.56. The zero-order chi connectivity index (χ0) is 9.30. The van der Waals surface area contributed by atoms with Crippen LogP contribution in [0.15, 0.2) is 10.5 Å². The lowest BCUT2D eigenvalue weighted by Crippen LogP contribution is -1.91. The van der Waals surface area contributed by atoms with Gasteiger partial charge in [0.1, 0.15) is 0 Å². The van der Waals surface area contributed by atoms with E-state index in [9.17, 15) is 4.39 Å². The summed E-state index contributed by atoms with van der Waals surface area (Å²) < 4.78 is 18.3. The highest BCUT2D eigenvalue weighted by Crippen LogP contribution is 2.36. The third-order valence-corrected chi connectivity index (χ3v) is 2.97. The molecule has 0 heterocycles. The molecule has 0 unspecified atom stereocenters. The monoisotopic (exact) mass is 252 g/mol. The Bertz CT molecular complexity index is 314. The molecule has 0 aromatic heterocycles. The quantitative estimate of drug-likeness (QED) is 0.695. The molecule has 0 bridgehead atoms. The second-order valence-electron chi connectivity index (χ2n) is 2.34. The van der Waals surface area contributed by atoms with E-state index in [-0.39, 0.29) is 5.75 Å². The maximum atomic E-state index is 13.1. The van der Waals surface area contributed by atoms with Crippen LogP contribution < -0.4 is 4.74 Å². The van der Waals surface area contributed by atoms with Crippen molar-refractivity contribution in [1.29, 1.82) is 0 Å². The van der Waals surface area contributed by atoms with Gasteiger partial charge < -0.3 is 4.74 Å². The summed E-state index contributed by atoms with van der Waals surface area (Å²) in [6, 6.07) is 1.34. The van der Waals surface area contributed by atoms with E-state index in [2.05, 4.69) is 15.9 Å². The van der Waals surface area contributed by atoms with Crippen LogP contribution in [0.4, 0.5) is 4.39 Å². The third kappa shape index (κ3) is 1.57. The summed E-state index contributed by atoms with van der Waals surface area (Å²) in [5, 5.41) is 0.480. The molecule has 1 aromatic rings. The van der Waals surface area contributed by atoms with Crippen molar-refractivity contribution in [1.82, 2.24) is 0 Å². The first-order valence-corrected chi connectivity index (χ1v) is 4.43. The SMILES string of the molecule is COc1c(F)cc(C)c(Cl)c1Br. The lowest BCUT2D eigenvalue weighted by molar-refractivity contribution is 0.383. The number of halogens is 3. The van der Waals surface area contributed by atoms with Gasteiger partial charge >= 0.3 is 0 Å². The maximum absolute atomic E-state index is 13.1. The number of methoxy groups -OCH3 is 1. The summed E-state index contributed by atoms with van der Waals surface area (Å²) in [5.41, 5.74) is 0.682. The van der Waals surface area contributed by atoms with Gasteiger partial charge in [-0.2, -0.15) is 0 Å². The van der Waals surface area contributed by atoms with Gasteiger partial charge in [0.2, 0.25) is 0 Å². The van der Waals surface area contributed by atoms with Crippen LogP contribution >= 0.6 is 27.5 Å². The Morgan fingerprint density at radius 3 is 2.67 bits per heavy atom. The predicted molar refractivity (Wildman–Crippen MR) is 50.4 cm³/mol. The summed E-state index contributed by atoms with van der Waals surface area (Å²) in [6.45, 7) is 1.73. The van der Waals surface area contributed by atoms with Crippen molar-refractivity contribution in [2.24, 2.45) is 0 Å². The molecule has 0 aliphatic rings. The number of aryl methyl sites for hydroxylation is 1. The standard InChI is InChI=1S/C8H7BrClFO/c1-4-3-5(11)8(12-2)6(9)7(4)10/h3H,1-2H3. The fourth-order valence-corrected chi connectivity index (χ4v) is 1.69. The Morgan fingerprint density at radius 2 is 2.17 bits per heavy atom. The van der Waals surface area contributed by atoms with E-state index in [1.807, 2.05) is 0 Å². The molecule has 0 amide bonds. The highest BCUT2D eigenvalue weighted by molar-refractivity contribution is 9.10. The topological polar surface area (TPSA) is 9.23 Å². The Kier molecular flexibility index (Phi) is 2.96. The Labute approximate surface area is 83.6 Å². The van der Waals surface area contributed by atoms with E-state index >= 15 is 0 Å². The number of hydrogen-bond acceptors (Lipinski definition) is 1. The minimum absolute atomic E-state index is 0.144. The molecule has 0 N–H and O–H groups in total. The zero-order valence-corrected chi connectivity index (χ0v) is 8.96. The highest BCUT2D eigenvalue weighted by Gasteiger charge is 2.13. The summed E-state index contributed by atoms with van der Waals surface area (Å²) in [7, 11) is 1.40. The van der Waals surface area contributed by atoms with Crippen molar-refractivity contribution < 1.29 is 9.13 Å². The van der Waals surface area contributed by atoms with Crippen LogP contribution in [0.1, 0.15) is 5.56 Å². The molecule has 1 rings (SSSR count). The molecule has 0 radical (unpaired) electrons. The van der Waals surface area contributed by atoms with Gasteiger partial charge in [-0.25, -0.2) is 4.39 Å². The fourth-order valence-electron chi connectivity index (χ4n) is 0.884. The smallest absolute Gasteiger partial charge is 0.170 e. The maximum Gasteiger partial charge on any atom is 0.170 e. The molecule has 0 aliphatic carbocycles. The van der Waals surface area contributed by atoms with Crippen molar-refractivity contribution in [2.75, 3.05) is 7.11 Å². The van der Waals surface area contributed by atoms with Gasteiger partial charge in [-0.3, -0.25) is 0 Å². The molecule has 1 aromatic carbocycles. The summed E-state index contributed by atoms with van der Waals surface area (Å²) in [5.74, 6) is -0.267. The first-order valence-electron chi connectivity index (χ1n) is 3.26. The van der Waals surface area contributed by atoms with Gasteiger partial charge in [-0.05, 0) is 34.5 Å². The van der Waals surface area contributed by atoms with E-state index in [1.165, 1.54) is 13.2 Å². The van der Waals surface area contributed by atoms with E-state index < -0.39 is 5.82 Å². The lowest BCUT2D eigenvalue weighted by Gasteiger charge is -2.07. The Hall–Kier alpha value is -0.280. The van der Waals surface area contributed by atoms with Crippen LogP contribution in [0.2, 0.25) is 5.02 Å². The van der Waals surface area contributed by atoms with Crippen LogP contribution in [0.5, 0.6) is 5.75 Å². The lowest BCUT2D eigenvalue weighted by atomic mass is 10.2. The van der Waals surface area contributed by atoms with E-state index in [1.54, 1.807) is 6.92 Å². The second kappa shape index (κ2) is 3.62. The minimum atomic E-state index is -0.411. The largest absolute Gasteiger partial charge is 0.492 e. The molecule has 0 atom stereocenters. The van der Waals surface area contributed by atoms with E-state index in [0.717, 1.165) is 0 Å². The fraction of sp³-hybridized carbons (Fsp3) is 0.250. The van der Waals surface area contributed by atoms with Crippen molar-refractivity contribution in [3.8, 4) is 5.75 Å². The highest BCUT2D eigenvalue weighted by atomic mass is 79.9. The van der Waals surface area contributed by atoms with E-state index in [0.29, 0.717) is 15.1 Å². The average Bonchev–Trinajstić information content (AvgIpc) is 2.01. The van der Waals surface area contributed by atoms with Crippen LogP contribution in [0.3, 0.4) is 0 Å². The summed E-state index contributed by atoms with van der Waals surface area (Å²) in [4.78, 5) is 0. The number of rotatable bonds is 1. The average molecular weight is 253 g/mol. The Balaban J connectivity index is 3.40. The van der Waals surface area contributed by atoms with Gasteiger partial charge in [-0.15, -0.1) is 0 Å². The molecular weight excluding hydrogens is 246 g/mol. The second-order valence-corrected chi connectivity index (χ2v) is 3.51. The zero-order valence-electron chi connectivity index (χ0n) is 6.62. The van der Waals surface area contributed by atoms with Crippen LogP contribution in [0.25, 0.3) is 0 Å². The molecule has 66 valence electrons. The molecule has 12 heavy (non-hydrogen) atoms. The number of hydrogen-bond donors (Lipinski definition) is 0. The van der Waals surface area contributed by atoms with Crippen LogP contribution in [-0.4, -0.2) is 7.11 Å². The molecule has 0 aliphatic heterocycles. The van der Waals surface area contributed by atoms with Gasteiger partial charge in [0.25, 0.3) is 0 Å². The number of ether oxygens (including phenoxy) is 1. The molecule has 4 heteroatoms. The van der Waals surface area contributed by atoms with Crippen molar-refractivity contribution in [2.45, 2.75) is 6.92 Å². The normalized spacial score (nSPS) is 10.1. The van der Waals surface area contributed by atoms with Crippen LogP contribution in [0, 0.1) is 12.7 Å². The van der Waals surface area contributed by atoms with Crippen molar-refractivity contribution in [3.05, 3.63) is 26.9 Å². The molecule has 0 spiro atoms. The van der Waals surface area contributed by atoms with Crippen LogP contribution in [-0.2, 0) is 0 Å². The van der Waals surface area contributed by atoms with Gasteiger partial charge in [0.15, 0.2) is 11.6 Å². The third-order valence-electron chi connectivity index (χ3n) is 1.50. The summed E-state index contributed by atoms with van der Waals surface area (Å²) in [6.07, 6.45) is 0. The van der Waals surface area contributed by atoms with Gasteiger partial charge in [0, 0.05) is 0 Å². The van der Waals surface area contributed by atoms with E-state index in [4.69, 9.17) is 16.3 Å². The first-order chi connectivity index (χ1) is 5.57. The molecule has 0 fully saturated rings. The number of benzene rings is 1. The van der Waals surface area contributed by atoms with Gasteiger partial charge in [-0.1, -0.05) is 11.6 Å². The molecular formula is C8H7BrClFO.